The molecule has 1 aromatic heterocycles. The van der Waals surface area contributed by atoms with Crippen molar-refractivity contribution in [3.8, 4) is 5.75 Å². The van der Waals surface area contributed by atoms with E-state index < -0.39 is 18.0 Å². The Morgan fingerprint density at radius 2 is 2.00 bits per heavy atom. The number of rotatable bonds is 9. The number of amides is 2. The molecule has 1 atom stereocenters. The quantitative estimate of drug-likeness (QED) is 0.549. The number of carbonyl (C=O) groups is 2. The van der Waals surface area contributed by atoms with Crippen LogP contribution in [0.4, 0.5) is 9.18 Å². The van der Waals surface area contributed by atoms with E-state index in [1.54, 1.807) is 25.6 Å². The molecular formula is C28H31FN4O4. The summed E-state index contributed by atoms with van der Waals surface area (Å²) < 4.78 is 26.5. The molecule has 1 saturated heterocycles. The first-order valence-corrected chi connectivity index (χ1v) is 12.1. The molecule has 1 aromatic carbocycles. The number of aromatic nitrogens is 1. The fourth-order valence-electron chi connectivity index (χ4n) is 4.41. The Morgan fingerprint density at radius 1 is 1.24 bits per heavy atom. The van der Waals surface area contributed by atoms with Crippen LogP contribution in [0.5, 0.6) is 5.75 Å². The Kier molecular flexibility index (Phi) is 8.35. The minimum absolute atomic E-state index is 0.206. The molecule has 9 heteroatoms. The first kappa shape index (κ1) is 26.1. The van der Waals surface area contributed by atoms with Gasteiger partial charge in [-0.25, -0.2) is 9.18 Å². The van der Waals surface area contributed by atoms with Crippen molar-refractivity contribution >= 4 is 17.6 Å². The van der Waals surface area contributed by atoms with Crippen LogP contribution in [-0.2, 0) is 22.6 Å². The smallest absolute Gasteiger partial charge is 0.414 e. The maximum absolute atomic E-state index is 15.5. The third-order valence-electron chi connectivity index (χ3n) is 6.18. The van der Waals surface area contributed by atoms with E-state index in [4.69, 9.17) is 9.47 Å². The molecule has 1 unspecified atom stereocenters. The molecule has 0 radical (unpaired) electrons. The van der Waals surface area contributed by atoms with Gasteiger partial charge in [0, 0.05) is 49.2 Å². The number of benzene rings is 1. The van der Waals surface area contributed by atoms with E-state index in [-0.39, 0.29) is 19.0 Å². The number of allylic oxidation sites excluding steroid dienone is 5. The SMILES string of the molecule is COc1cc(CN(C)Cc2ccncc2)ccc1C1=C(F)C=C(N2CC(CNC(C)=O)OC2=O)C=CC1. The van der Waals surface area contributed by atoms with Crippen LogP contribution in [0.3, 0.4) is 0 Å². The minimum atomic E-state index is -0.569. The Morgan fingerprint density at radius 3 is 2.73 bits per heavy atom. The highest BCUT2D eigenvalue weighted by atomic mass is 19.1. The maximum atomic E-state index is 15.5. The number of nitrogens with zero attached hydrogens (tertiary/aromatic N) is 3. The zero-order valence-corrected chi connectivity index (χ0v) is 21.2. The van der Waals surface area contributed by atoms with E-state index in [0.29, 0.717) is 35.5 Å². The van der Waals surface area contributed by atoms with E-state index in [9.17, 15) is 9.59 Å². The van der Waals surface area contributed by atoms with Crippen LogP contribution in [0.1, 0.15) is 30.0 Å². The Bertz CT molecular complexity index is 1240. The first-order valence-electron chi connectivity index (χ1n) is 12.1. The highest BCUT2D eigenvalue weighted by molar-refractivity contribution is 5.78. The molecule has 8 nitrogen and oxygen atoms in total. The molecule has 0 spiro atoms. The number of hydrogen-bond acceptors (Lipinski definition) is 6. The molecule has 4 rings (SSSR count). The summed E-state index contributed by atoms with van der Waals surface area (Å²) in [6, 6.07) is 9.76. The Hall–Kier alpha value is -3.98. The molecule has 0 saturated carbocycles. The third-order valence-corrected chi connectivity index (χ3v) is 6.18. The minimum Gasteiger partial charge on any atom is -0.496 e. The van der Waals surface area contributed by atoms with Crippen LogP contribution in [-0.4, -0.2) is 60.1 Å². The van der Waals surface area contributed by atoms with Gasteiger partial charge in [-0.1, -0.05) is 18.2 Å². The fourth-order valence-corrected chi connectivity index (χ4v) is 4.41. The van der Waals surface area contributed by atoms with Gasteiger partial charge in [0.2, 0.25) is 5.91 Å². The summed E-state index contributed by atoms with van der Waals surface area (Å²) in [6.45, 7) is 3.30. The van der Waals surface area contributed by atoms with Crippen LogP contribution in [0.25, 0.3) is 5.57 Å². The first-order chi connectivity index (χ1) is 17.8. The lowest BCUT2D eigenvalue weighted by atomic mass is 9.99. The second-order valence-corrected chi connectivity index (χ2v) is 9.12. The molecule has 0 bridgehead atoms. The van der Waals surface area contributed by atoms with E-state index in [1.807, 2.05) is 43.5 Å². The van der Waals surface area contributed by atoms with Crippen LogP contribution >= 0.6 is 0 Å². The van der Waals surface area contributed by atoms with E-state index in [2.05, 4.69) is 15.2 Å². The van der Waals surface area contributed by atoms with Crippen molar-refractivity contribution in [1.29, 1.82) is 0 Å². The van der Waals surface area contributed by atoms with Gasteiger partial charge < -0.3 is 14.8 Å². The van der Waals surface area contributed by atoms with Crippen LogP contribution in [0.15, 0.2) is 72.5 Å². The van der Waals surface area contributed by atoms with Crippen molar-refractivity contribution in [3.05, 3.63) is 89.2 Å². The third kappa shape index (κ3) is 6.62. The second kappa shape index (κ2) is 11.8. The molecule has 1 fully saturated rings. The summed E-state index contributed by atoms with van der Waals surface area (Å²) >= 11 is 0. The standard InChI is InChI=1S/C28H31FN4O4/c1-19(34)31-15-23-18-33(28(35)37-23)22-5-4-6-24(26(29)14-22)25-8-7-21(13-27(25)36-3)17-32(2)16-20-9-11-30-12-10-20/h4-5,7-14,23H,6,15-18H2,1-3H3,(H,31,34). The van der Waals surface area contributed by atoms with Gasteiger partial charge in [-0.3, -0.25) is 19.6 Å². The Balaban J connectivity index is 1.50. The second-order valence-electron chi connectivity index (χ2n) is 9.12. The molecule has 194 valence electrons. The largest absolute Gasteiger partial charge is 0.496 e. The van der Waals surface area contributed by atoms with E-state index >= 15 is 4.39 Å². The number of pyridine rings is 1. The Labute approximate surface area is 216 Å². The lowest BCUT2D eigenvalue weighted by Crippen LogP contribution is -2.33. The van der Waals surface area contributed by atoms with Crippen LogP contribution in [0, 0.1) is 0 Å². The molecule has 37 heavy (non-hydrogen) atoms. The van der Waals surface area contributed by atoms with Crippen LogP contribution < -0.4 is 10.1 Å². The summed E-state index contributed by atoms with van der Waals surface area (Å²) in [5.74, 6) is -0.0674. The van der Waals surface area contributed by atoms with E-state index in [0.717, 1.165) is 12.1 Å². The maximum Gasteiger partial charge on any atom is 0.414 e. The number of halogens is 1. The van der Waals surface area contributed by atoms with Gasteiger partial charge in [0.25, 0.3) is 0 Å². The summed E-state index contributed by atoms with van der Waals surface area (Å²) in [7, 11) is 3.61. The highest BCUT2D eigenvalue weighted by Gasteiger charge is 2.33. The van der Waals surface area contributed by atoms with Gasteiger partial charge in [-0.2, -0.15) is 0 Å². The number of nitrogens with one attached hydrogen (secondary N) is 1. The molecule has 2 aromatic rings. The van der Waals surface area contributed by atoms with Gasteiger partial charge in [0.05, 0.1) is 20.2 Å². The highest BCUT2D eigenvalue weighted by Crippen LogP contribution is 2.35. The lowest BCUT2D eigenvalue weighted by Gasteiger charge is -2.18. The average molecular weight is 507 g/mol. The van der Waals surface area contributed by atoms with Gasteiger partial charge >= 0.3 is 6.09 Å². The molecule has 1 N–H and O–H groups in total. The molecule has 1 aliphatic carbocycles. The van der Waals surface area contributed by atoms with Gasteiger partial charge in [-0.15, -0.1) is 0 Å². The molecule has 2 heterocycles. The summed E-state index contributed by atoms with van der Waals surface area (Å²) in [5, 5.41) is 2.64. The zero-order valence-electron chi connectivity index (χ0n) is 21.2. The average Bonchev–Trinajstić information content (AvgIpc) is 3.14. The summed E-state index contributed by atoms with van der Waals surface area (Å²) in [6.07, 6.45) is 7.70. The van der Waals surface area contributed by atoms with Gasteiger partial charge in [0.15, 0.2) is 0 Å². The van der Waals surface area contributed by atoms with E-state index in [1.165, 1.54) is 23.5 Å². The number of cyclic esters (lactones) is 1. The molecule has 1 aliphatic heterocycles. The number of hydrogen-bond donors (Lipinski definition) is 1. The van der Waals surface area contributed by atoms with Crippen molar-refractivity contribution < 1.29 is 23.5 Å². The predicted molar refractivity (Wildman–Crippen MR) is 138 cm³/mol. The van der Waals surface area contributed by atoms with Crippen molar-refractivity contribution in [2.75, 3.05) is 27.2 Å². The summed E-state index contributed by atoms with van der Waals surface area (Å²) in [5.41, 5.74) is 3.75. The van der Waals surface area contributed by atoms with Crippen molar-refractivity contribution in [2.24, 2.45) is 0 Å². The fraction of sp³-hybridized carbons (Fsp3) is 0.321. The molecule has 2 aliphatic rings. The van der Waals surface area contributed by atoms with Gasteiger partial charge in [0.1, 0.15) is 17.7 Å². The molecule has 2 amide bonds. The number of methoxy groups -OCH3 is 1. The van der Waals surface area contributed by atoms with Crippen molar-refractivity contribution in [3.63, 3.8) is 0 Å². The predicted octanol–water partition coefficient (Wildman–Crippen LogP) is 4.20. The monoisotopic (exact) mass is 506 g/mol. The number of ether oxygens (including phenoxy) is 2. The normalized spacial score (nSPS) is 17.5. The summed E-state index contributed by atoms with van der Waals surface area (Å²) in [4.78, 5) is 31.2. The van der Waals surface area contributed by atoms with Crippen molar-refractivity contribution in [2.45, 2.75) is 32.5 Å². The van der Waals surface area contributed by atoms with Crippen molar-refractivity contribution in [1.82, 2.24) is 20.1 Å². The van der Waals surface area contributed by atoms with Gasteiger partial charge in [-0.05, 0) is 54.9 Å². The zero-order chi connectivity index (χ0) is 26.4. The number of carbonyl (C=O) groups excluding carboxylic acids is 2. The lowest BCUT2D eigenvalue weighted by molar-refractivity contribution is -0.119. The van der Waals surface area contributed by atoms with Crippen LogP contribution in [0.2, 0.25) is 0 Å². The molecular weight excluding hydrogens is 475 g/mol. The topological polar surface area (TPSA) is 84.0 Å².